The fourth-order valence-electron chi connectivity index (χ4n) is 2.13. The minimum atomic E-state index is -0.452. The zero-order chi connectivity index (χ0) is 19.2. The average Bonchev–Trinajstić information content (AvgIpc) is 2.63. The molecule has 1 heterocycles. The van der Waals surface area contributed by atoms with Crippen molar-refractivity contribution in [3.63, 3.8) is 0 Å². The number of aromatic nitrogens is 3. The van der Waals surface area contributed by atoms with Crippen molar-refractivity contribution in [3.05, 3.63) is 54.6 Å². The fourth-order valence-corrected chi connectivity index (χ4v) is 2.90. The second-order valence-electron chi connectivity index (χ2n) is 5.52. The zero-order valence-electron chi connectivity index (χ0n) is 14.5. The molecule has 0 aliphatic carbocycles. The van der Waals surface area contributed by atoms with Crippen LogP contribution < -0.4 is 21.5 Å². The summed E-state index contributed by atoms with van der Waals surface area (Å²) < 4.78 is 5.72. The molecule has 27 heavy (non-hydrogen) atoms. The first-order valence-electron chi connectivity index (χ1n) is 8.07. The Morgan fingerprint density at radius 2 is 1.56 bits per heavy atom. The van der Waals surface area contributed by atoms with Gasteiger partial charge in [-0.25, -0.2) is 0 Å². The molecule has 1 atom stereocenters. The van der Waals surface area contributed by atoms with Crippen LogP contribution in [0, 0.1) is 0 Å². The number of para-hydroxylation sites is 1. The van der Waals surface area contributed by atoms with Gasteiger partial charge in [-0.15, -0.1) is 0 Å². The van der Waals surface area contributed by atoms with Gasteiger partial charge in [-0.2, -0.15) is 15.0 Å². The second kappa shape index (κ2) is 8.37. The third kappa shape index (κ3) is 5.32. The van der Waals surface area contributed by atoms with E-state index in [1.54, 1.807) is 31.2 Å². The summed E-state index contributed by atoms with van der Waals surface area (Å²) in [6.45, 7) is 1.74. The summed E-state index contributed by atoms with van der Waals surface area (Å²) in [5.74, 6) is 1.26. The van der Waals surface area contributed by atoms with Crippen LogP contribution in [-0.2, 0) is 4.79 Å². The Hall–Kier alpha value is -3.33. The number of nitrogens with zero attached hydrogens (tertiary/aromatic N) is 3. The number of ether oxygens (including phenoxy) is 1. The van der Waals surface area contributed by atoms with Gasteiger partial charge >= 0.3 is 0 Å². The molecule has 0 bridgehead atoms. The molecule has 3 rings (SSSR count). The smallest absolute Gasteiger partial charge is 0.237 e. The zero-order valence-corrected chi connectivity index (χ0v) is 15.3. The number of benzene rings is 2. The first kappa shape index (κ1) is 18.5. The molecular formula is C18H18N6O2S. The lowest BCUT2D eigenvalue weighted by atomic mass is 10.3. The summed E-state index contributed by atoms with van der Waals surface area (Å²) in [5, 5.41) is 2.68. The highest BCUT2D eigenvalue weighted by atomic mass is 32.2. The lowest BCUT2D eigenvalue weighted by Gasteiger charge is -2.12. The van der Waals surface area contributed by atoms with Crippen LogP contribution in [-0.4, -0.2) is 26.1 Å². The van der Waals surface area contributed by atoms with E-state index in [0.717, 1.165) is 17.5 Å². The number of rotatable bonds is 6. The van der Waals surface area contributed by atoms with Gasteiger partial charge in [0.25, 0.3) is 0 Å². The Bertz CT molecular complexity index is 901. The van der Waals surface area contributed by atoms with Crippen LogP contribution in [0.4, 0.5) is 17.6 Å². The highest BCUT2D eigenvalue weighted by Crippen LogP contribution is 2.24. The average molecular weight is 382 g/mol. The van der Waals surface area contributed by atoms with E-state index in [2.05, 4.69) is 20.3 Å². The number of nitrogens with two attached hydrogens (primary N) is 2. The second-order valence-corrected chi connectivity index (χ2v) is 6.83. The minimum absolute atomic E-state index is 0.0200. The number of hydrogen-bond acceptors (Lipinski definition) is 8. The topological polar surface area (TPSA) is 129 Å². The maximum absolute atomic E-state index is 12.4. The molecule has 3 aromatic rings. The van der Waals surface area contributed by atoms with Gasteiger partial charge in [0.05, 0.1) is 5.25 Å². The van der Waals surface area contributed by atoms with Crippen LogP contribution in [0.25, 0.3) is 0 Å². The first-order chi connectivity index (χ1) is 13.0. The van der Waals surface area contributed by atoms with Gasteiger partial charge in [-0.1, -0.05) is 30.0 Å². The van der Waals surface area contributed by atoms with Crippen molar-refractivity contribution in [1.82, 2.24) is 15.0 Å². The van der Waals surface area contributed by atoms with Gasteiger partial charge < -0.3 is 21.5 Å². The first-order valence-corrected chi connectivity index (χ1v) is 8.95. The molecule has 0 aliphatic rings. The van der Waals surface area contributed by atoms with Crippen molar-refractivity contribution >= 4 is 35.3 Å². The quantitative estimate of drug-likeness (QED) is 0.555. The number of nitrogen functional groups attached to an aromatic ring is 2. The number of anilines is 3. The maximum Gasteiger partial charge on any atom is 0.237 e. The van der Waals surface area contributed by atoms with E-state index < -0.39 is 5.25 Å². The van der Waals surface area contributed by atoms with E-state index in [1.807, 2.05) is 30.3 Å². The predicted octanol–water partition coefficient (Wildman–Crippen LogP) is 2.95. The molecule has 8 nitrogen and oxygen atoms in total. The number of hydrogen-bond donors (Lipinski definition) is 3. The molecule has 2 aromatic carbocycles. The summed E-state index contributed by atoms with van der Waals surface area (Å²) in [6, 6.07) is 16.6. The van der Waals surface area contributed by atoms with Crippen molar-refractivity contribution in [3.8, 4) is 11.5 Å². The summed E-state index contributed by atoms with van der Waals surface area (Å²) in [4.78, 5) is 24.0. The molecule has 9 heteroatoms. The fraction of sp³-hybridized carbons (Fsp3) is 0.111. The van der Waals surface area contributed by atoms with Crippen molar-refractivity contribution in [2.75, 3.05) is 16.8 Å². The molecule has 0 fully saturated rings. The molecule has 1 aromatic heterocycles. The standard InChI is InChI=1S/C18H18N6O2S/c1-11(27-18-23-16(19)22-17(20)24-18)15(25)21-12-7-9-14(10-8-12)26-13-5-3-2-4-6-13/h2-11H,1H3,(H,21,25)(H4,19,20,22,23,24)/t11-/m0/s1. The third-order valence-electron chi connectivity index (χ3n) is 3.40. The van der Waals surface area contributed by atoms with E-state index in [-0.39, 0.29) is 17.8 Å². The molecule has 5 N–H and O–H groups in total. The van der Waals surface area contributed by atoms with Crippen LogP contribution >= 0.6 is 11.8 Å². The Morgan fingerprint density at radius 1 is 0.963 bits per heavy atom. The summed E-state index contributed by atoms with van der Waals surface area (Å²) in [7, 11) is 0. The summed E-state index contributed by atoms with van der Waals surface area (Å²) >= 11 is 1.15. The van der Waals surface area contributed by atoms with Gasteiger partial charge in [-0.05, 0) is 43.3 Å². The van der Waals surface area contributed by atoms with Gasteiger partial charge in [-0.3, -0.25) is 4.79 Å². The Kier molecular flexibility index (Phi) is 5.72. The van der Waals surface area contributed by atoms with Crippen LogP contribution in [0.3, 0.4) is 0 Å². The van der Waals surface area contributed by atoms with Crippen LogP contribution in [0.15, 0.2) is 59.8 Å². The Morgan fingerprint density at radius 3 is 2.19 bits per heavy atom. The largest absolute Gasteiger partial charge is 0.457 e. The molecule has 0 unspecified atom stereocenters. The Labute approximate surface area is 160 Å². The van der Waals surface area contributed by atoms with Crippen molar-refractivity contribution in [2.24, 2.45) is 0 Å². The van der Waals surface area contributed by atoms with Gasteiger partial charge in [0.15, 0.2) is 5.16 Å². The van der Waals surface area contributed by atoms with Gasteiger partial charge in [0.2, 0.25) is 17.8 Å². The monoisotopic (exact) mass is 382 g/mol. The van der Waals surface area contributed by atoms with Gasteiger partial charge in [0.1, 0.15) is 11.5 Å². The van der Waals surface area contributed by atoms with E-state index in [1.165, 1.54) is 0 Å². The van der Waals surface area contributed by atoms with E-state index in [4.69, 9.17) is 16.2 Å². The highest BCUT2D eigenvalue weighted by molar-refractivity contribution is 8.00. The lowest BCUT2D eigenvalue weighted by Crippen LogP contribution is -2.22. The number of nitrogens with one attached hydrogen (secondary N) is 1. The SMILES string of the molecule is C[C@H](Sc1nc(N)nc(N)n1)C(=O)Nc1ccc(Oc2ccccc2)cc1. The van der Waals surface area contributed by atoms with Gasteiger partial charge in [0, 0.05) is 5.69 Å². The van der Waals surface area contributed by atoms with Crippen molar-refractivity contribution in [1.29, 1.82) is 0 Å². The normalized spacial score (nSPS) is 11.6. The van der Waals surface area contributed by atoms with E-state index >= 15 is 0 Å². The van der Waals surface area contributed by atoms with Crippen molar-refractivity contribution < 1.29 is 9.53 Å². The number of carbonyl (C=O) groups excluding carboxylic acids is 1. The van der Waals surface area contributed by atoms with Crippen molar-refractivity contribution in [2.45, 2.75) is 17.3 Å². The molecular weight excluding hydrogens is 364 g/mol. The number of thioether (sulfide) groups is 1. The lowest BCUT2D eigenvalue weighted by molar-refractivity contribution is -0.115. The molecule has 0 spiro atoms. The number of amides is 1. The molecule has 1 amide bonds. The molecule has 0 saturated heterocycles. The molecule has 0 aliphatic heterocycles. The predicted molar refractivity (Wildman–Crippen MR) is 106 cm³/mol. The Balaban J connectivity index is 1.58. The highest BCUT2D eigenvalue weighted by Gasteiger charge is 2.17. The minimum Gasteiger partial charge on any atom is -0.457 e. The molecule has 0 saturated carbocycles. The summed E-state index contributed by atoms with van der Waals surface area (Å²) in [5.41, 5.74) is 11.7. The summed E-state index contributed by atoms with van der Waals surface area (Å²) in [6.07, 6.45) is 0. The van der Waals surface area contributed by atoms with E-state index in [0.29, 0.717) is 16.6 Å². The maximum atomic E-state index is 12.4. The van der Waals surface area contributed by atoms with E-state index in [9.17, 15) is 4.79 Å². The third-order valence-corrected chi connectivity index (χ3v) is 4.36. The van der Waals surface area contributed by atoms with Crippen LogP contribution in [0.5, 0.6) is 11.5 Å². The van der Waals surface area contributed by atoms with Crippen LogP contribution in [0.2, 0.25) is 0 Å². The number of carbonyl (C=O) groups is 1. The molecule has 0 radical (unpaired) electrons. The van der Waals surface area contributed by atoms with Crippen LogP contribution in [0.1, 0.15) is 6.92 Å². The molecule has 138 valence electrons.